The zero-order valence-corrected chi connectivity index (χ0v) is 17.9. The van der Waals surface area contributed by atoms with Crippen molar-refractivity contribution in [1.29, 1.82) is 0 Å². The number of hydrogen-bond donors (Lipinski definition) is 1. The van der Waals surface area contributed by atoms with E-state index < -0.39 is 0 Å². The lowest BCUT2D eigenvalue weighted by atomic mass is 10.1. The van der Waals surface area contributed by atoms with Crippen molar-refractivity contribution in [3.63, 3.8) is 0 Å². The van der Waals surface area contributed by atoms with E-state index in [0.29, 0.717) is 12.5 Å². The van der Waals surface area contributed by atoms with Crippen molar-refractivity contribution in [2.45, 2.75) is 20.4 Å². The van der Waals surface area contributed by atoms with Crippen LogP contribution in [-0.4, -0.2) is 64.4 Å². The summed E-state index contributed by atoms with van der Waals surface area (Å²) >= 11 is 0. The van der Waals surface area contributed by atoms with Crippen LogP contribution in [0.2, 0.25) is 0 Å². The predicted molar refractivity (Wildman–Crippen MR) is 120 cm³/mol. The normalized spacial score (nSPS) is 15.7. The molecule has 3 aromatic rings. The molecule has 0 unspecified atom stereocenters. The molecule has 0 spiro atoms. The van der Waals surface area contributed by atoms with Crippen molar-refractivity contribution in [2.24, 2.45) is 5.92 Å². The van der Waals surface area contributed by atoms with Crippen LogP contribution in [0.25, 0.3) is 16.9 Å². The first-order valence-corrected chi connectivity index (χ1v) is 10.8. The number of aromatic nitrogens is 2. The molecule has 6 heteroatoms. The highest BCUT2D eigenvalue weighted by atomic mass is 16.2. The van der Waals surface area contributed by atoms with Crippen molar-refractivity contribution in [2.75, 3.05) is 39.3 Å². The van der Waals surface area contributed by atoms with E-state index in [9.17, 15) is 4.79 Å². The van der Waals surface area contributed by atoms with E-state index in [2.05, 4.69) is 76.0 Å². The lowest BCUT2D eigenvalue weighted by Gasteiger charge is -2.34. The number of fused-ring (bicyclic) bond motifs is 1. The van der Waals surface area contributed by atoms with Crippen molar-refractivity contribution >= 4 is 11.6 Å². The average molecular weight is 406 g/mol. The molecule has 1 amide bonds. The van der Waals surface area contributed by atoms with Gasteiger partial charge in [0.2, 0.25) is 5.91 Å². The van der Waals surface area contributed by atoms with Gasteiger partial charge in [0.1, 0.15) is 5.65 Å². The maximum absolute atomic E-state index is 12.1. The van der Waals surface area contributed by atoms with Gasteiger partial charge in [0.15, 0.2) is 0 Å². The largest absolute Gasteiger partial charge is 0.355 e. The molecule has 0 radical (unpaired) electrons. The van der Waals surface area contributed by atoms with Gasteiger partial charge in [0.05, 0.1) is 17.9 Å². The molecule has 3 heterocycles. The maximum atomic E-state index is 12.1. The van der Waals surface area contributed by atoms with Gasteiger partial charge in [0, 0.05) is 51.0 Å². The summed E-state index contributed by atoms with van der Waals surface area (Å²) in [5, 5.41) is 3.02. The number of hydrogen-bond acceptors (Lipinski definition) is 4. The Labute approximate surface area is 178 Å². The molecular formula is C24H31N5O. The fourth-order valence-corrected chi connectivity index (χ4v) is 3.92. The zero-order valence-electron chi connectivity index (χ0n) is 17.9. The Bertz CT molecular complexity index is 974. The van der Waals surface area contributed by atoms with E-state index in [0.717, 1.165) is 56.2 Å². The lowest BCUT2D eigenvalue weighted by Crippen LogP contribution is -2.49. The molecule has 1 N–H and O–H groups in total. The summed E-state index contributed by atoms with van der Waals surface area (Å²) < 4.78 is 2.20. The summed E-state index contributed by atoms with van der Waals surface area (Å²) in [6.45, 7) is 10.0. The fourth-order valence-electron chi connectivity index (χ4n) is 3.92. The first kappa shape index (κ1) is 20.6. The summed E-state index contributed by atoms with van der Waals surface area (Å²) in [5.41, 5.74) is 4.40. The Kier molecular flexibility index (Phi) is 6.45. The molecule has 0 bridgehead atoms. The number of carbonyl (C=O) groups excluding carboxylic acids is 1. The summed E-state index contributed by atoms with van der Waals surface area (Å²) in [6.07, 6.45) is 2.10. The van der Waals surface area contributed by atoms with Crippen molar-refractivity contribution in [3.05, 3.63) is 60.4 Å². The first-order valence-electron chi connectivity index (χ1n) is 10.8. The van der Waals surface area contributed by atoms with Gasteiger partial charge < -0.3 is 9.72 Å². The number of piperazine rings is 1. The van der Waals surface area contributed by atoms with Gasteiger partial charge in [-0.05, 0) is 18.1 Å². The van der Waals surface area contributed by atoms with Crippen LogP contribution >= 0.6 is 0 Å². The Morgan fingerprint density at radius 2 is 1.70 bits per heavy atom. The van der Waals surface area contributed by atoms with E-state index in [1.807, 2.05) is 12.1 Å². The van der Waals surface area contributed by atoms with Crippen molar-refractivity contribution < 1.29 is 4.79 Å². The molecule has 6 nitrogen and oxygen atoms in total. The molecule has 1 aliphatic heterocycles. The van der Waals surface area contributed by atoms with Crippen LogP contribution in [-0.2, 0) is 11.3 Å². The molecule has 1 aromatic carbocycles. The topological polar surface area (TPSA) is 52.9 Å². The molecule has 1 fully saturated rings. The summed E-state index contributed by atoms with van der Waals surface area (Å²) in [4.78, 5) is 21.7. The summed E-state index contributed by atoms with van der Waals surface area (Å²) in [7, 11) is 0. The van der Waals surface area contributed by atoms with Crippen LogP contribution < -0.4 is 5.32 Å². The van der Waals surface area contributed by atoms with E-state index >= 15 is 0 Å². The fraction of sp³-hybridized carbons (Fsp3) is 0.417. The Morgan fingerprint density at radius 1 is 1.00 bits per heavy atom. The molecule has 2 aromatic heterocycles. The summed E-state index contributed by atoms with van der Waals surface area (Å²) in [5.74, 6) is 0.611. The molecule has 0 aliphatic carbocycles. The second-order valence-corrected chi connectivity index (χ2v) is 8.45. The van der Waals surface area contributed by atoms with E-state index in [4.69, 9.17) is 4.98 Å². The van der Waals surface area contributed by atoms with Crippen LogP contribution in [0, 0.1) is 5.92 Å². The van der Waals surface area contributed by atoms with E-state index in [1.165, 1.54) is 5.69 Å². The summed E-state index contributed by atoms with van der Waals surface area (Å²) in [6, 6.07) is 16.6. The second kappa shape index (κ2) is 9.41. The molecule has 0 atom stereocenters. The number of nitrogens with one attached hydrogen (secondary N) is 1. The maximum Gasteiger partial charge on any atom is 0.234 e. The molecule has 30 heavy (non-hydrogen) atoms. The molecule has 0 saturated carbocycles. The van der Waals surface area contributed by atoms with Crippen molar-refractivity contribution in [1.82, 2.24) is 24.5 Å². The minimum atomic E-state index is 0.130. The van der Waals surface area contributed by atoms with Gasteiger partial charge >= 0.3 is 0 Å². The van der Waals surface area contributed by atoms with E-state index in [-0.39, 0.29) is 5.91 Å². The second-order valence-electron chi connectivity index (χ2n) is 8.45. The SMILES string of the molecule is CC(C)CNC(=O)CN1CCN(Cc2c(-c3ccccc3)nc3ccccn23)CC1. The van der Waals surface area contributed by atoms with Crippen LogP contribution in [0.1, 0.15) is 19.5 Å². The monoisotopic (exact) mass is 405 g/mol. The third-order valence-electron chi connectivity index (χ3n) is 5.59. The highest BCUT2D eigenvalue weighted by Crippen LogP contribution is 2.25. The number of rotatable bonds is 7. The Morgan fingerprint density at radius 3 is 2.43 bits per heavy atom. The van der Waals surface area contributed by atoms with Gasteiger partial charge in [-0.15, -0.1) is 0 Å². The number of nitrogens with zero attached hydrogens (tertiary/aromatic N) is 4. The third kappa shape index (κ3) is 4.89. The smallest absolute Gasteiger partial charge is 0.234 e. The van der Waals surface area contributed by atoms with Crippen LogP contribution in [0.3, 0.4) is 0 Å². The van der Waals surface area contributed by atoms with E-state index in [1.54, 1.807) is 0 Å². The molecular weight excluding hydrogens is 374 g/mol. The Balaban J connectivity index is 1.43. The van der Waals surface area contributed by atoms with Crippen LogP contribution in [0.4, 0.5) is 0 Å². The van der Waals surface area contributed by atoms with Gasteiger partial charge in [-0.2, -0.15) is 0 Å². The third-order valence-corrected chi connectivity index (χ3v) is 5.59. The van der Waals surface area contributed by atoms with Gasteiger partial charge in [-0.1, -0.05) is 50.2 Å². The molecule has 1 aliphatic rings. The molecule has 4 rings (SSSR count). The zero-order chi connectivity index (χ0) is 20.9. The number of benzene rings is 1. The standard InChI is InChI=1S/C24H31N5O/c1-19(2)16-25-23(30)18-28-14-12-27(13-15-28)17-21-24(20-8-4-3-5-9-20)26-22-10-6-7-11-29(21)22/h3-11,19H,12-18H2,1-2H3,(H,25,30). The minimum absolute atomic E-state index is 0.130. The highest BCUT2D eigenvalue weighted by molar-refractivity contribution is 5.78. The highest BCUT2D eigenvalue weighted by Gasteiger charge is 2.22. The lowest BCUT2D eigenvalue weighted by molar-refractivity contribution is -0.122. The number of pyridine rings is 1. The quantitative estimate of drug-likeness (QED) is 0.657. The first-order chi connectivity index (χ1) is 14.6. The average Bonchev–Trinajstić information content (AvgIpc) is 3.13. The van der Waals surface area contributed by atoms with Gasteiger partial charge in [-0.3, -0.25) is 14.6 Å². The van der Waals surface area contributed by atoms with Crippen molar-refractivity contribution in [3.8, 4) is 11.3 Å². The Hall–Kier alpha value is -2.70. The number of amides is 1. The number of imidazole rings is 1. The van der Waals surface area contributed by atoms with Crippen LogP contribution in [0.15, 0.2) is 54.7 Å². The van der Waals surface area contributed by atoms with Crippen LogP contribution in [0.5, 0.6) is 0 Å². The minimum Gasteiger partial charge on any atom is -0.355 e. The molecule has 1 saturated heterocycles. The molecule has 158 valence electrons. The predicted octanol–water partition coefficient (Wildman–Crippen LogP) is 2.89. The van der Waals surface area contributed by atoms with Gasteiger partial charge in [-0.25, -0.2) is 4.98 Å². The number of carbonyl (C=O) groups is 1. The van der Waals surface area contributed by atoms with Gasteiger partial charge in [0.25, 0.3) is 0 Å².